The van der Waals surface area contributed by atoms with Gasteiger partial charge in [-0.2, -0.15) is 13.2 Å². The van der Waals surface area contributed by atoms with Gasteiger partial charge in [0.25, 0.3) is 0 Å². The first-order chi connectivity index (χ1) is 8.92. The summed E-state index contributed by atoms with van der Waals surface area (Å²) in [6.07, 6.45) is -3.98. The molecular weight excluding hydrogens is 285 g/mol. The third-order valence-electron chi connectivity index (χ3n) is 2.15. The van der Waals surface area contributed by atoms with Crippen LogP contribution in [0.25, 0.3) is 0 Å². The number of rotatable bonds is 7. The Hall–Kier alpha value is -0.980. The lowest BCUT2D eigenvalue weighted by molar-refractivity contribution is -0.174. The molecule has 7 heteroatoms. The molecule has 0 aliphatic heterocycles. The average Bonchev–Trinajstić information content (AvgIpc) is 2.33. The monoisotopic (exact) mass is 298 g/mol. The SMILES string of the molecule is OCc1cc(Cl)ccc1OCCCOCC(F)(F)F. The molecule has 0 heterocycles. The molecule has 0 aliphatic rings. The van der Waals surface area contributed by atoms with Gasteiger partial charge in [-0.05, 0) is 18.2 Å². The number of hydrogen-bond acceptors (Lipinski definition) is 3. The summed E-state index contributed by atoms with van der Waals surface area (Å²) in [6, 6.07) is 4.78. The molecule has 0 bridgehead atoms. The quantitative estimate of drug-likeness (QED) is 0.786. The van der Waals surface area contributed by atoms with E-state index in [1.807, 2.05) is 0 Å². The van der Waals surface area contributed by atoms with E-state index in [4.69, 9.17) is 21.4 Å². The molecule has 1 aromatic rings. The Kier molecular flexibility index (Phi) is 6.41. The Bertz CT molecular complexity index is 396. The summed E-state index contributed by atoms with van der Waals surface area (Å²) in [5.41, 5.74) is 0.531. The Morgan fingerprint density at radius 2 is 1.95 bits per heavy atom. The Morgan fingerprint density at radius 3 is 2.58 bits per heavy atom. The van der Waals surface area contributed by atoms with E-state index in [9.17, 15) is 13.2 Å². The van der Waals surface area contributed by atoms with E-state index in [1.54, 1.807) is 18.2 Å². The molecule has 1 rings (SSSR count). The molecule has 108 valence electrons. The molecule has 0 fully saturated rings. The van der Waals surface area contributed by atoms with Crippen LogP contribution in [0.3, 0.4) is 0 Å². The van der Waals surface area contributed by atoms with Crippen molar-refractivity contribution in [1.29, 1.82) is 0 Å². The number of alkyl halides is 3. The van der Waals surface area contributed by atoms with E-state index >= 15 is 0 Å². The highest BCUT2D eigenvalue weighted by atomic mass is 35.5. The van der Waals surface area contributed by atoms with Crippen LogP contribution in [0.2, 0.25) is 5.02 Å². The normalized spacial score (nSPS) is 11.6. The molecule has 0 aliphatic carbocycles. The molecular formula is C12H14ClF3O3. The highest BCUT2D eigenvalue weighted by Gasteiger charge is 2.27. The maximum absolute atomic E-state index is 11.8. The summed E-state index contributed by atoms with van der Waals surface area (Å²) in [6.45, 7) is -1.32. The summed E-state index contributed by atoms with van der Waals surface area (Å²) in [5, 5.41) is 9.56. The van der Waals surface area contributed by atoms with Gasteiger partial charge in [-0.3, -0.25) is 0 Å². The minimum atomic E-state index is -4.30. The minimum Gasteiger partial charge on any atom is -0.493 e. The minimum absolute atomic E-state index is 0.0401. The maximum atomic E-state index is 11.8. The van der Waals surface area contributed by atoms with Gasteiger partial charge in [-0.1, -0.05) is 11.6 Å². The molecule has 19 heavy (non-hydrogen) atoms. The Labute approximate surface area is 113 Å². The average molecular weight is 299 g/mol. The predicted octanol–water partition coefficient (Wildman–Crippen LogP) is 3.18. The number of hydrogen-bond donors (Lipinski definition) is 1. The van der Waals surface area contributed by atoms with Crippen molar-refractivity contribution in [1.82, 2.24) is 0 Å². The molecule has 0 amide bonds. The van der Waals surface area contributed by atoms with Crippen molar-refractivity contribution >= 4 is 11.6 Å². The molecule has 0 saturated carbocycles. The zero-order valence-corrected chi connectivity index (χ0v) is 10.8. The third-order valence-corrected chi connectivity index (χ3v) is 2.38. The van der Waals surface area contributed by atoms with Gasteiger partial charge < -0.3 is 14.6 Å². The fourth-order valence-corrected chi connectivity index (χ4v) is 1.54. The summed E-state index contributed by atoms with van der Waals surface area (Å²) in [5.74, 6) is 0.461. The van der Waals surface area contributed by atoms with E-state index in [2.05, 4.69) is 4.74 Å². The van der Waals surface area contributed by atoms with Crippen LogP contribution in [0, 0.1) is 0 Å². The number of aliphatic hydroxyl groups is 1. The molecule has 0 atom stereocenters. The largest absolute Gasteiger partial charge is 0.493 e. The summed E-state index contributed by atoms with van der Waals surface area (Å²) < 4.78 is 45.1. The van der Waals surface area contributed by atoms with E-state index in [1.165, 1.54) is 0 Å². The van der Waals surface area contributed by atoms with Gasteiger partial charge in [-0.15, -0.1) is 0 Å². The second-order valence-electron chi connectivity index (χ2n) is 3.78. The lowest BCUT2D eigenvalue weighted by Gasteiger charge is -2.11. The van der Waals surface area contributed by atoms with Crippen LogP contribution >= 0.6 is 11.6 Å². The van der Waals surface area contributed by atoms with Crippen molar-refractivity contribution in [3.05, 3.63) is 28.8 Å². The zero-order valence-electron chi connectivity index (χ0n) is 10.0. The first-order valence-electron chi connectivity index (χ1n) is 5.59. The van der Waals surface area contributed by atoms with Crippen LogP contribution in [-0.4, -0.2) is 31.1 Å². The Balaban J connectivity index is 2.26. The van der Waals surface area contributed by atoms with E-state index in [-0.39, 0.29) is 19.8 Å². The van der Waals surface area contributed by atoms with Gasteiger partial charge in [0.05, 0.1) is 19.8 Å². The number of aliphatic hydroxyl groups excluding tert-OH is 1. The number of ether oxygens (including phenoxy) is 2. The van der Waals surface area contributed by atoms with E-state index in [0.717, 1.165) is 0 Å². The molecule has 0 aromatic heterocycles. The van der Waals surface area contributed by atoms with Crippen LogP contribution < -0.4 is 4.74 Å². The predicted molar refractivity (Wildman–Crippen MR) is 64.4 cm³/mol. The third kappa shape index (κ3) is 6.66. The second-order valence-corrected chi connectivity index (χ2v) is 4.22. The number of halogens is 4. The highest BCUT2D eigenvalue weighted by molar-refractivity contribution is 6.30. The van der Waals surface area contributed by atoms with Gasteiger partial charge in [0.1, 0.15) is 12.4 Å². The molecule has 0 unspecified atom stereocenters. The van der Waals surface area contributed by atoms with Gasteiger partial charge in [0.15, 0.2) is 0 Å². The van der Waals surface area contributed by atoms with Crippen molar-refractivity contribution in [2.45, 2.75) is 19.2 Å². The van der Waals surface area contributed by atoms with Crippen molar-refractivity contribution < 1.29 is 27.8 Å². The lowest BCUT2D eigenvalue weighted by atomic mass is 10.2. The van der Waals surface area contributed by atoms with Crippen LogP contribution in [0.5, 0.6) is 5.75 Å². The molecule has 0 radical (unpaired) electrons. The van der Waals surface area contributed by atoms with Crippen molar-refractivity contribution in [2.24, 2.45) is 0 Å². The van der Waals surface area contributed by atoms with Crippen LogP contribution in [-0.2, 0) is 11.3 Å². The zero-order chi connectivity index (χ0) is 14.3. The number of benzene rings is 1. The summed E-state index contributed by atoms with van der Waals surface area (Å²) in [7, 11) is 0. The fourth-order valence-electron chi connectivity index (χ4n) is 1.34. The first-order valence-corrected chi connectivity index (χ1v) is 5.97. The van der Waals surface area contributed by atoms with Crippen LogP contribution in [0.1, 0.15) is 12.0 Å². The smallest absolute Gasteiger partial charge is 0.411 e. The Morgan fingerprint density at radius 1 is 1.21 bits per heavy atom. The van der Waals surface area contributed by atoms with Crippen molar-refractivity contribution in [2.75, 3.05) is 19.8 Å². The van der Waals surface area contributed by atoms with Gasteiger partial charge in [0, 0.05) is 17.0 Å². The van der Waals surface area contributed by atoms with Crippen molar-refractivity contribution in [3.8, 4) is 5.75 Å². The van der Waals surface area contributed by atoms with Gasteiger partial charge >= 0.3 is 6.18 Å². The highest BCUT2D eigenvalue weighted by Crippen LogP contribution is 2.23. The standard InChI is InChI=1S/C12H14ClF3O3/c13-10-2-3-11(9(6-10)7-17)19-5-1-4-18-8-12(14,15)16/h2-3,6,17H,1,4-5,7-8H2. The van der Waals surface area contributed by atoms with E-state index < -0.39 is 12.8 Å². The van der Waals surface area contributed by atoms with Crippen molar-refractivity contribution in [3.63, 3.8) is 0 Å². The molecule has 1 N–H and O–H groups in total. The molecule has 0 saturated heterocycles. The first kappa shape index (κ1) is 16.1. The molecule has 3 nitrogen and oxygen atoms in total. The molecule has 1 aromatic carbocycles. The van der Waals surface area contributed by atoms with Gasteiger partial charge in [-0.25, -0.2) is 0 Å². The lowest BCUT2D eigenvalue weighted by Crippen LogP contribution is -2.18. The van der Waals surface area contributed by atoms with E-state index in [0.29, 0.717) is 22.8 Å². The van der Waals surface area contributed by atoms with Gasteiger partial charge in [0.2, 0.25) is 0 Å². The topological polar surface area (TPSA) is 38.7 Å². The van der Waals surface area contributed by atoms with Crippen LogP contribution in [0.4, 0.5) is 13.2 Å². The second kappa shape index (κ2) is 7.57. The summed E-state index contributed by atoms with van der Waals surface area (Å²) in [4.78, 5) is 0. The van der Waals surface area contributed by atoms with Crippen LogP contribution in [0.15, 0.2) is 18.2 Å². The maximum Gasteiger partial charge on any atom is 0.411 e. The summed E-state index contributed by atoms with van der Waals surface area (Å²) >= 11 is 5.75. The molecule has 0 spiro atoms. The fraction of sp³-hybridized carbons (Fsp3) is 0.500.